The first-order valence-electron chi connectivity index (χ1n) is 15.3. The first-order chi connectivity index (χ1) is 21.1. The Kier molecular flexibility index (Phi) is 7.55. The SMILES string of the molecule is CCCCc1nc(CC2CC2)n(-c2ccc3c(c2)CCO3)c(=O)c1Cc1ccc(-c2ccccc2C2=NC(O)ON2)cc1. The summed E-state index contributed by atoms with van der Waals surface area (Å²) in [6.07, 6.45) is 6.23. The number of hydrogen-bond donors (Lipinski definition) is 2. The number of aliphatic hydroxyl groups is 1. The molecule has 1 atom stereocenters. The van der Waals surface area contributed by atoms with Crippen molar-refractivity contribution in [1.29, 1.82) is 0 Å². The Balaban J connectivity index is 1.26. The fourth-order valence-electron chi connectivity index (χ4n) is 6.02. The third kappa shape index (κ3) is 5.72. The molecule has 2 aliphatic heterocycles. The number of rotatable bonds is 10. The number of amidine groups is 1. The van der Waals surface area contributed by atoms with Crippen LogP contribution in [0.1, 0.15) is 66.4 Å². The smallest absolute Gasteiger partial charge is 0.280 e. The van der Waals surface area contributed by atoms with E-state index in [1.807, 2.05) is 41.0 Å². The van der Waals surface area contributed by atoms with Crippen LogP contribution in [0.4, 0.5) is 0 Å². The molecule has 1 aliphatic carbocycles. The number of ether oxygens (including phenoxy) is 1. The number of aryl methyl sites for hydroxylation is 1. The number of aliphatic hydroxyl groups excluding tert-OH is 1. The number of aromatic nitrogens is 2. The molecule has 3 aliphatic rings. The van der Waals surface area contributed by atoms with Gasteiger partial charge < -0.3 is 9.84 Å². The highest BCUT2D eigenvalue weighted by Gasteiger charge is 2.27. The van der Waals surface area contributed by atoms with Gasteiger partial charge in [-0.15, -0.1) is 0 Å². The standard InChI is InChI=1S/C35H36N4O4/c1-2-3-8-30-29(19-22-11-13-24(14-12-22)27-6-4-5-7-28(27)33-37-35(41)43-38-33)34(40)39(32(36-30)20-23-9-10-23)26-15-16-31-25(21-26)17-18-42-31/h4-7,11-16,21,23,35,41H,2-3,8-10,17-20H2,1H3,(H,37,38). The van der Waals surface area contributed by atoms with Crippen LogP contribution >= 0.6 is 0 Å². The summed E-state index contributed by atoms with van der Waals surface area (Å²) in [5.41, 5.74) is 10.3. The van der Waals surface area contributed by atoms with Gasteiger partial charge in [0.15, 0.2) is 5.84 Å². The third-order valence-corrected chi connectivity index (χ3v) is 8.53. The van der Waals surface area contributed by atoms with Gasteiger partial charge in [0.05, 0.1) is 18.0 Å². The van der Waals surface area contributed by atoms with E-state index in [-0.39, 0.29) is 5.56 Å². The molecule has 4 aromatic rings. The van der Waals surface area contributed by atoms with Crippen LogP contribution in [0.5, 0.6) is 5.75 Å². The highest BCUT2D eigenvalue weighted by Crippen LogP contribution is 2.34. The van der Waals surface area contributed by atoms with Crippen molar-refractivity contribution in [1.82, 2.24) is 15.0 Å². The van der Waals surface area contributed by atoms with Crippen molar-refractivity contribution < 1.29 is 14.7 Å². The second-order valence-corrected chi connectivity index (χ2v) is 11.7. The summed E-state index contributed by atoms with van der Waals surface area (Å²) >= 11 is 0. The Labute approximate surface area is 251 Å². The second-order valence-electron chi connectivity index (χ2n) is 11.7. The van der Waals surface area contributed by atoms with Crippen LogP contribution in [0, 0.1) is 5.92 Å². The fraction of sp³-hybridized carbons (Fsp3) is 0.343. The average molecular weight is 577 g/mol. The number of hydroxylamine groups is 1. The lowest BCUT2D eigenvalue weighted by molar-refractivity contribution is -0.102. The highest BCUT2D eigenvalue weighted by molar-refractivity contribution is 6.04. The minimum absolute atomic E-state index is 0.0360. The second kappa shape index (κ2) is 11.8. The summed E-state index contributed by atoms with van der Waals surface area (Å²) in [6.45, 7) is 2.86. The zero-order valence-electron chi connectivity index (χ0n) is 24.4. The van der Waals surface area contributed by atoms with E-state index >= 15 is 0 Å². The van der Waals surface area contributed by atoms with Gasteiger partial charge in [-0.2, -0.15) is 0 Å². The molecule has 0 amide bonds. The van der Waals surface area contributed by atoms with Gasteiger partial charge in [0.2, 0.25) is 0 Å². The van der Waals surface area contributed by atoms with Gasteiger partial charge in [-0.05, 0) is 72.1 Å². The van der Waals surface area contributed by atoms with Crippen molar-refractivity contribution in [3.05, 3.63) is 111 Å². The quantitative estimate of drug-likeness (QED) is 0.267. The summed E-state index contributed by atoms with van der Waals surface area (Å²) in [6, 6.07) is 22.3. The minimum Gasteiger partial charge on any atom is -0.493 e. The lowest BCUT2D eigenvalue weighted by Crippen LogP contribution is -2.30. The van der Waals surface area contributed by atoms with E-state index in [1.54, 1.807) is 0 Å². The molecule has 1 fully saturated rings. The maximum atomic E-state index is 14.4. The Morgan fingerprint density at radius 1 is 1.05 bits per heavy atom. The normalized spacial score (nSPS) is 17.3. The molecule has 7 rings (SSSR count). The molecule has 1 saturated carbocycles. The number of nitrogens with zero attached hydrogens (tertiary/aromatic N) is 3. The van der Waals surface area contributed by atoms with Crippen molar-refractivity contribution in [3.63, 3.8) is 0 Å². The van der Waals surface area contributed by atoms with E-state index in [0.29, 0.717) is 24.8 Å². The molecule has 1 unspecified atom stereocenters. The average Bonchev–Trinajstić information content (AvgIpc) is 3.53. The molecule has 0 bridgehead atoms. The van der Waals surface area contributed by atoms with Gasteiger partial charge in [-0.3, -0.25) is 9.36 Å². The molecule has 8 heteroatoms. The summed E-state index contributed by atoms with van der Waals surface area (Å²) in [7, 11) is 0. The predicted molar refractivity (Wildman–Crippen MR) is 166 cm³/mol. The van der Waals surface area contributed by atoms with Crippen LogP contribution in [0.2, 0.25) is 0 Å². The zero-order valence-corrected chi connectivity index (χ0v) is 24.4. The fourth-order valence-corrected chi connectivity index (χ4v) is 6.02. The number of unbranched alkanes of at least 4 members (excludes halogenated alkanes) is 1. The number of nitrogens with one attached hydrogen (secondary N) is 1. The Morgan fingerprint density at radius 2 is 1.86 bits per heavy atom. The molecular formula is C35H36N4O4. The molecule has 3 aromatic carbocycles. The Hall–Kier alpha value is -4.27. The van der Waals surface area contributed by atoms with Crippen LogP contribution in [0.15, 0.2) is 76.5 Å². The third-order valence-electron chi connectivity index (χ3n) is 8.53. The topological polar surface area (TPSA) is 98.0 Å². The van der Waals surface area contributed by atoms with E-state index in [0.717, 1.165) is 88.4 Å². The van der Waals surface area contributed by atoms with Crippen molar-refractivity contribution in [3.8, 4) is 22.6 Å². The van der Waals surface area contributed by atoms with Gasteiger partial charge in [-0.25, -0.2) is 20.3 Å². The minimum atomic E-state index is -1.22. The number of aliphatic imine (C=N–C) groups is 1. The van der Waals surface area contributed by atoms with Crippen molar-refractivity contribution in [2.75, 3.05) is 6.61 Å². The first-order valence-corrected chi connectivity index (χ1v) is 15.3. The lowest BCUT2D eigenvalue weighted by Gasteiger charge is -2.18. The van der Waals surface area contributed by atoms with Crippen LogP contribution in [-0.2, 0) is 30.5 Å². The number of hydrogen-bond acceptors (Lipinski definition) is 7. The predicted octanol–water partition coefficient (Wildman–Crippen LogP) is 5.28. The Morgan fingerprint density at radius 3 is 2.60 bits per heavy atom. The number of fused-ring (bicyclic) bond motifs is 1. The van der Waals surface area contributed by atoms with Crippen LogP contribution in [0.25, 0.3) is 16.8 Å². The molecule has 220 valence electrons. The molecule has 43 heavy (non-hydrogen) atoms. The zero-order chi connectivity index (χ0) is 29.3. The molecule has 1 aromatic heterocycles. The van der Waals surface area contributed by atoms with Gasteiger partial charge >= 0.3 is 0 Å². The largest absolute Gasteiger partial charge is 0.493 e. The molecule has 2 N–H and O–H groups in total. The van der Waals surface area contributed by atoms with Crippen molar-refractivity contribution in [2.45, 2.75) is 64.7 Å². The number of benzene rings is 3. The molecule has 8 nitrogen and oxygen atoms in total. The van der Waals surface area contributed by atoms with E-state index < -0.39 is 6.41 Å². The van der Waals surface area contributed by atoms with Gasteiger partial charge in [0.1, 0.15) is 11.6 Å². The molecule has 3 heterocycles. The lowest BCUT2D eigenvalue weighted by atomic mass is 9.96. The van der Waals surface area contributed by atoms with Crippen LogP contribution in [0.3, 0.4) is 0 Å². The van der Waals surface area contributed by atoms with E-state index in [4.69, 9.17) is 14.6 Å². The van der Waals surface area contributed by atoms with E-state index in [1.165, 1.54) is 12.8 Å². The van der Waals surface area contributed by atoms with Gasteiger partial charge in [0.25, 0.3) is 12.0 Å². The Bertz CT molecular complexity index is 1740. The van der Waals surface area contributed by atoms with Gasteiger partial charge in [0, 0.05) is 30.4 Å². The van der Waals surface area contributed by atoms with E-state index in [2.05, 4.69) is 47.7 Å². The molecule has 0 radical (unpaired) electrons. The maximum Gasteiger partial charge on any atom is 0.280 e. The molecular weight excluding hydrogens is 540 g/mol. The summed E-state index contributed by atoms with van der Waals surface area (Å²) in [4.78, 5) is 28.8. The molecule has 0 saturated heterocycles. The summed E-state index contributed by atoms with van der Waals surface area (Å²) in [5, 5.41) is 9.68. The summed E-state index contributed by atoms with van der Waals surface area (Å²) < 4.78 is 7.62. The van der Waals surface area contributed by atoms with E-state index in [9.17, 15) is 9.90 Å². The first kappa shape index (κ1) is 27.6. The highest BCUT2D eigenvalue weighted by atomic mass is 16.7. The molecule has 0 spiro atoms. The van der Waals surface area contributed by atoms with Crippen molar-refractivity contribution >= 4 is 5.84 Å². The van der Waals surface area contributed by atoms with Crippen molar-refractivity contribution in [2.24, 2.45) is 10.9 Å². The summed E-state index contributed by atoms with van der Waals surface area (Å²) in [5.74, 6) is 2.89. The van der Waals surface area contributed by atoms with Gasteiger partial charge in [-0.1, -0.05) is 61.9 Å². The van der Waals surface area contributed by atoms with Crippen LogP contribution in [-0.4, -0.2) is 33.5 Å². The van der Waals surface area contributed by atoms with Crippen LogP contribution < -0.4 is 15.8 Å². The monoisotopic (exact) mass is 576 g/mol. The maximum absolute atomic E-state index is 14.4.